The van der Waals surface area contributed by atoms with Crippen LogP contribution in [0.1, 0.15) is 45.6 Å². The molecule has 16 heteroatoms. The van der Waals surface area contributed by atoms with Gasteiger partial charge < -0.3 is 0 Å². The first-order valence-corrected chi connectivity index (χ1v) is 43.2. The summed E-state index contributed by atoms with van der Waals surface area (Å²) in [6, 6.07) is 84.6. The van der Waals surface area contributed by atoms with Crippen LogP contribution in [-0.4, -0.2) is 40.0 Å². The molecule has 14 aromatic heterocycles. The van der Waals surface area contributed by atoms with Crippen LogP contribution >= 0.6 is 0 Å². The van der Waals surface area contributed by atoms with Gasteiger partial charge in [0.15, 0.2) is 78.2 Å². The fourth-order valence-electron chi connectivity index (χ4n) is 17.1. The van der Waals surface area contributed by atoms with Crippen molar-refractivity contribution in [2.24, 2.45) is 56.4 Å². The van der Waals surface area contributed by atoms with E-state index < -0.39 is 0 Å². The van der Waals surface area contributed by atoms with Crippen molar-refractivity contribution in [3.63, 3.8) is 0 Å². The molecule has 0 unspecified atom stereocenters. The highest BCUT2D eigenvalue weighted by molar-refractivity contribution is 6.12. The minimum absolute atomic E-state index is 1.06. The zero-order valence-electron chi connectivity index (χ0n) is 75.5. The van der Waals surface area contributed by atoms with E-state index in [4.69, 9.17) is 0 Å². The molecule has 0 aliphatic carbocycles. The summed E-state index contributed by atoms with van der Waals surface area (Å²) < 4.78 is 16.8. The quantitative estimate of drug-likeness (QED) is 0.108. The molecule has 0 radical (unpaired) electrons. The van der Waals surface area contributed by atoms with Crippen LogP contribution in [0, 0.1) is 55.4 Å². The Morgan fingerprint density at radius 1 is 0.180 bits per heavy atom. The zero-order valence-corrected chi connectivity index (χ0v) is 75.5. The first-order chi connectivity index (χ1) is 62.2. The second kappa shape index (κ2) is 36.6. The average molecular weight is 1670 g/mol. The lowest BCUT2D eigenvalue weighted by molar-refractivity contribution is -0.735. The normalized spacial score (nSPS) is 11.1. The second-order valence-electron chi connectivity index (χ2n) is 33.0. The molecule has 0 atom stereocenters. The lowest BCUT2D eigenvalue weighted by Crippen LogP contribution is -2.36. The van der Waals surface area contributed by atoms with Crippen molar-refractivity contribution < 1.29 is 36.7 Å². The Labute approximate surface area is 744 Å². The van der Waals surface area contributed by atoms with E-state index in [-0.39, 0.29) is 0 Å². The van der Waals surface area contributed by atoms with Gasteiger partial charge in [0, 0.05) is 226 Å². The van der Waals surface area contributed by atoms with Crippen molar-refractivity contribution in [2.45, 2.75) is 55.4 Å². The lowest BCUT2D eigenvalue weighted by atomic mass is 10.0. The van der Waals surface area contributed by atoms with Crippen molar-refractivity contribution in [3.8, 4) is 0 Å². The third kappa shape index (κ3) is 16.8. The van der Waals surface area contributed by atoms with Crippen LogP contribution in [0.5, 0.6) is 0 Å². The Morgan fingerprint density at radius 2 is 0.570 bits per heavy atom. The second-order valence-corrected chi connectivity index (χ2v) is 33.0. The smallest absolute Gasteiger partial charge is 0.264 e. The first kappa shape index (κ1) is 84.5. The van der Waals surface area contributed by atoms with Crippen LogP contribution in [-0.2, 0) is 56.4 Å². The SMILES string of the molecule is Cc1c2ccc3ccccc3c2cn[n+]1C.Cc1c2ccc3ccccc3c2nc[n+]1C.Cc1c2ccc3cccnc3c2cc[n+]1C.Cc1c2ccc3ccncc3c2cc[n+]1C.Cc1c2ccc3cnccc3c2cc[n+]1C.Cc1c2ccc3ncccc3c2cc[n+]1C.Cc1c2cnc3ccccc3c2cc[n+]1C.Cc1c2ncc3ccccc3c2cc[n+]1C. The van der Waals surface area contributed by atoms with Gasteiger partial charge >= 0.3 is 0 Å². The van der Waals surface area contributed by atoms with Crippen molar-refractivity contribution in [3.05, 3.63) is 387 Å². The highest BCUT2D eigenvalue weighted by atomic mass is 15.2. The summed E-state index contributed by atoms with van der Waals surface area (Å²) in [6.45, 7) is 17.0. The summed E-state index contributed by atoms with van der Waals surface area (Å²) in [7, 11) is 16.4. The van der Waals surface area contributed by atoms with Gasteiger partial charge in [-0.05, 0) is 128 Å². The van der Waals surface area contributed by atoms with Crippen LogP contribution in [0.25, 0.3) is 173 Å². The van der Waals surface area contributed by atoms with E-state index in [9.17, 15) is 0 Å². The molecule has 0 amide bonds. The molecule has 24 rings (SSSR count). The number of rotatable bonds is 0. The summed E-state index contributed by atoms with van der Waals surface area (Å²) in [5.74, 6) is 0. The largest absolute Gasteiger partial charge is 0.286 e. The van der Waals surface area contributed by atoms with Gasteiger partial charge in [0.2, 0.25) is 11.4 Å². The number of pyridine rings is 12. The van der Waals surface area contributed by atoms with E-state index >= 15 is 0 Å². The van der Waals surface area contributed by atoms with Gasteiger partial charge in [-0.15, -0.1) is 0 Å². The van der Waals surface area contributed by atoms with Gasteiger partial charge in [0.05, 0.1) is 45.1 Å². The fourth-order valence-corrected chi connectivity index (χ4v) is 17.1. The van der Waals surface area contributed by atoms with E-state index in [1.165, 1.54) is 191 Å². The Balaban J connectivity index is 0.000000103. The Hall–Kier alpha value is -15.7. The fraction of sp³-hybridized carbons (Fsp3) is 0.143. The minimum Gasteiger partial charge on any atom is -0.264 e. The lowest BCUT2D eigenvalue weighted by Gasteiger charge is -2.04. The van der Waals surface area contributed by atoms with Gasteiger partial charge in [-0.1, -0.05) is 132 Å². The summed E-state index contributed by atoms with van der Waals surface area (Å²) in [4.78, 5) is 30.8. The summed E-state index contributed by atoms with van der Waals surface area (Å²) in [6.07, 6.45) is 31.6. The number of hydrogen-bond donors (Lipinski definition) is 0. The molecular weight excluding hydrogens is 1570 g/mol. The van der Waals surface area contributed by atoms with E-state index in [2.05, 4.69) is 418 Å². The van der Waals surface area contributed by atoms with Crippen molar-refractivity contribution in [1.82, 2.24) is 40.0 Å². The molecule has 16 nitrogen and oxygen atoms in total. The van der Waals surface area contributed by atoms with Crippen LogP contribution in [0.3, 0.4) is 0 Å². The van der Waals surface area contributed by atoms with E-state index in [0.717, 1.165) is 27.6 Å². The van der Waals surface area contributed by atoms with E-state index in [1.807, 2.05) is 112 Å². The molecule has 10 aromatic carbocycles. The molecule has 0 fully saturated rings. The molecule has 14 heterocycles. The Morgan fingerprint density at radius 3 is 1.20 bits per heavy atom. The highest BCUT2D eigenvalue weighted by Crippen LogP contribution is 2.33. The van der Waals surface area contributed by atoms with Crippen molar-refractivity contribution >= 4 is 173 Å². The number of aryl methyl sites for hydroxylation is 16. The van der Waals surface area contributed by atoms with E-state index in [1.54, 1.807) is 0 Å². The Bertz CT molecular complexity index is 6970. The molecule has 0 N–H and O–H groups in total. The zero-order chi connectivity index (χ0) is 89.0. The van der Waals surface area contributed by atoms with Gasteiger partial charge in [-0.2, -0.15) is 0 Å². The van der Waals surface area contributed by atoms with Gasteiger partial charge in [-0.25, -0.2) is 37.0 Å². The van der Waals surface area contributed by atoms with Crippen LogP contribution < -0.4 is 36.7 Å². The molecule has 0 aliphatic heterocycles. The van der Waals surface area contributed by atoms with Crippen molar-refractivity contribution in [2.75, 3.05) is 0 Å². The molecule has 24 aromatic rings. The van der Waals surface area contributed by atoms with Crippen LogP contribution in [0.2, 0.25) is 0 Å². The number of fused-ring (bicyclic) bond motifs is 24. The minimum atomic E-state index is 1.06. The molecule has 0 spiro atoms. The monoisotopic (exact) mass is 1670 g/mol. The molecule has 0 saturated carbocycles. The Kier molecular flexibility index (Phi) is 24.2. The maximum Gasteiger partial charge on any atom is 0.286 e. The molecule has 128 heavy (non-hydrogen) atoms. The van der Waals surface area contributed by atoms with Gasteiger partial charge in [-0.3, -0.25) is 24.9 Å². The first-order valence-electron chi connectivity index (χ1n) is 43.2. The summed E-state index contributed by atoms with van der Waals surface area (Å²) >= 11 is 0. The summed E-state index contributed by atoms with van der Waals surface area (Å²) in [5.41, 5.74) is 15.4. The van der Waals surface area contributed by atoms with Crippen molar-refractivity contribution in [1.29, 1.82) is 0 Å². The van der Waals surface area contributed by atoms with Gasteiger partial charge in [0.25, 0.3) is 6.33 Å². The number of benzene rings is 10. The molecule has 0 aliphatic rings. The maximum atomic E-state index is 4.55. The topological polar surface area (TPSA) is 134 Å². The predicted molar refractivity (Wildman–Crippen MR) is 521 cm³/mol. The standard InChI is InChI=1S/8C14H13N2/c1-10-12-4-3-11-9-15-7-5-13(11)14(12)6-8-16(10)2;1-10-12-4-3-11-5-7-15-9-14(11)13(12)6-8-16(10)2;1-10-11-5-6-14-13(4-3-8-15-14)12(11)7-9-16(10)2;1-10-12-6-5-11-4-3-8-15-14(11)13(12)7-9-16(10)2;1-10-13-9-15-14-6-4-3-5-12(14)11(13)7-8-16(10)2;1-10-14-13(7-8-16(10)2)12-6-4-3-5-11(12)9-15-14;1-10-12-8-7-11-5-3-4-6-13(11)14(12)15-9-16(10)2;1-10-12-8-7-11-5-3-4-6-13(11)14(12)9-15-16(10)2/h8*3-9H,1-2H3/q8*+1. The average Bonchev–Trinajstić information content (AvgIpc) is 0.822. The molecule has 0 saturated heterocycles. The molecule has 0 bridgehead atoms. The van der Waals surface area contributed by atoms with Gasteiger partial charge in [0.1, 0.15) is 59.7 Å². The third-order valence-electron chi connectivity index (χ3n) is 25.7. The molecular formula is C112H104N16+8. The number of aromatic nitrogens is 16. The molecule has 624 valence electrons. The highest BCUT2D eigenvalue weighted by Gasteiger charge is 2.19. The van der Waals surface area contributed by atoms with Crippen LogP contribution in [0.4, 0.5) is 0 Å². The van der Waals surface area contributed by atoms with Crippen LogP contribution in [0.15, 0.2) is 342 Å². The maximum absolute atomic E-state index is 4.55. The number of para-hydroxylation sites is 1. The number of hydrogen-bond acceptors (Lipinski definition) is 8. The summed E-state index contributed by atoms with van der Waals surface area (Å²) in [5, 5.41) is 38.2. The number of nitrogens with zero attached hydrogens (tertiary/aromatic N) is 16. The predicted octanol–water partition coefficient (Wildman–Crippen LogP) is 20.2. The van der Waals surface area contributed by atoms with E-state index in [0.29, 0.717) is 0 Å². The third-order valence-corrected chi connectivity index (χ3v) is 25.7.